The van der Waals surface area contributed by atoms with Crippen LogP contribution in [-0.4, -0.2) is 34.9 Å². The average molecular weight is 428 g/mol. The van der Waals surface area contributed by atoms with Crippen molar-refractivity contribution in [2.24, 2.45) is 5.92 Å². The Hall–Kier alpha value is -2.90. The lowest BCUT2D eigenvalue weighted by Crippen LogP contribution is -2.34. The zero-order valence-electron chi connectivity index (χ0n) is 19.5. The molecule has 0 atom stereocenters. The third-order valence-electron chi connectivity index (χ3n) is 6.63. The predicted molar refractivity (Wildman–Crippen MR) is 131 cm³/mol. The Morgan fingerprint density at radius 3 is 2.44 bits per heavy atom. The van der Waals surface area contributed by atoms with E-state index >= 15 is 0 Å². The largest absolute Gasteiger partial charge is 0.313 e. The van der Waals surface area contributed by atoms with Crippen LogP contribution in [0.3, 0.4) is 0 Å². The molecule has 4 nitrogen and oxygen atoms in total. The number of nitriles is 1. The summed E-state index contributed by atoms with van der Waals surface area (Å²) in [6, 6.07) is 16.4. The van der Waals surface area contributed by atoms with Crippen LogP contribution in [0.5, 0.6) is 0 Å². The molecule has 0 saturated carbocycles. The number of hydrogen-bond donors (Lipinski definition) is 0. The van der Waals surface area contributed by atoms with Crippen molar-refractivity contribution >= 4 is 16.7 Å². The maximum Gasteiger partial charge on any atom is 0.179 e. The van der Waals surface area contributed by atoms with Gasteiger partial charge in [0.05, 0.1) is 23.7 Å². The van der Waals surface area contributed by atoms with Crippen LogP contribution >= 0.6 is 0 Å². The van der Waals surface area contributed by atoms with Crippen molar-refractivity contribution in [2.75, 3.05) is 19.6 Å². The van der Waals surface area contributed by atoms with Gasteiger partial charge in [-0.05, 0) is 87.5 Å². The van der Waals surface area contributed by atoms with E-state index in [0.29, 0.717) is 18.0 Å². The van der Waals surface area contributed by atoms with E-state index in [1.165, 1.54) is 24.8 Å². The zero-order valence-corrected chi connectivity index (χ0v) is 19.5. The summed E-state index contributed by atoms with van der Waals surface area (Å²) in [6.07, 6.45) is 5.79. The fourth-order valence-corrected chi connectivity index (χ4v) is 4.84. The van der Waals surface area contributed by atoms with Crippen LogP contribution in [-0.2, 0) is 6.42 Å². The Morgan fingerprint density at radius 2 is 1.78 bits per heavy atom. The van der Waals surface area contributed by atoms with E-state index in [1.807, 2.05) is 24.3 Å². The molecule has 4 heteroatoms. The van der Waals surface area contributed by atoms with Gasteiger partial charge in [-0.1, -0.05) is 32.4 Å². The molecule has 3 aromatic rings. The highest BCUT2D eigenvalue weighted by molar-refractivity contribution is 6.11. The third-order valence-corrected chi connectivity index (χ3v) is 6.63. The van der Waals surface area contributed by atoms with Crippen LogP contribution in [0.1, 0.15) is 66.7 Å². The molecule has 0 aliphatic carbocycles. The van der Waals surface area contributed by atoms with E-state index < -0.39 is 0 Å². The molecule has 0 unspecified atom stereocenters. The van der Waals surface area contributed by atoms with Crippen LogP contribution in [0.4, 0.5) is 0 Å². The summed E-state index contributed by atoms with van der Waals surface area (Å²) in [5, 5.41) is 10.2. The highest BCUT2D eigenvalue weighted by Gasteiger charge is 2.23. The number of likely N-dealkylation sites (tertiary alicyclic amines) is 1. The van der Waals surface area contributed by atoms with Gasteiger partial charge < -0.3 is 4.57 Å². The van der Waals surface area contributed by atoms with Gasteiger partial charge in [0.25, 0.3) is 0 Å². The molecule has 0 N–H and O–H groups in total. The molecule has 32 heavy (non-hydrogen) atoms. The van der Waals surface area contributed by atoms with Crippen LogP contribution in [0.15, 0.2) is 42.5 Å². The van der Waals surface area contributed by atoms with Gasteiger partial charge in [0.1, 0.15) is 0 Å². The molecule has 0 bridgehead atoms. The molecular formula is C28H33N3O. The first-order valence-electron chi connectivity index (χ1n) is 11.9. The summed E-state index contributed by atoms with van der Waals surface area (Å²) in [5.41, 5.74) is 5.83. The number of ketones is 1. The molecule has 0 spiro atoms. The lowest BCUT2D eigenvalue weighted by atomic mass is 10.00. The molecule has 1 aliphatic rings. The van der Waals surface area contributed by atoms with Crippen molar-refractivity contribution in [3.8, 4) is 11.8 Å². The second-order valence-electron chi connectivity index (χ2n) is 9.50. The van der Waals surface area contributed by atoms with E-state index in [2.05, 4.69) is 54.5 Å². The maximum atomic E-state index is 13.5. The van der Waals surface area contributed by atoms with Gasteiger partial charge in [-0.2, -0.15) is 5.26 Å². The molecule has 1 fully saturated rings. The number of carbonyl (C=O) groups excluding carboxylic acids is 1. The highest BCUT2D eigenvalue weighted by Crippen LogP contribution is 2.31. The number of piperidine rings is 1. The molecule has 2 heterocycles. The Morgan fingerprint density at radius 1 is 1.06 bits per heavy atom. The quantitative estimate of drug-likeness (QED) is 0.430. The minimum absolute atomic E-state index is 0.205. The predicted octanol–water partition coefficient (Wildman–Crippen LogP) is 6.07. The Labute approximate surface area is 191 Å². The first kappa shape index (κ1) is 22.3. The topological polar surface area (TPSA) is 49.0 Å². The van der Waals surface area contributed by atoms with Crippen molar-refractivity contribution in [3.63, 3.8) is 0 Å². The molecule has 1 aliphatic heterocycles. The molecule has 166 valence electrons. The molecular weight excluding hydrogens is 394 g/mol. The standard InChI is InChI=1S/C28H33N3O/c1-20(2)7-8-22-11-14-25-26(17-22)31(24-12-9-23(18-29)10-13-24)21(3)28(25)27(32)19-30-15-5-4-6-16-30/h9-14,17,20H,4-8,15-16,19H2,1-3H3. The lowest BCUT2D eigenvalue weighted by molar-refractivity contribution is 0.0916. The molecule has 0 amide bonds. The van der Waals surface area contributed by atoms with Crippen molar-refractivity contribution < 1.29 is 4.79 Å². The van der Waals surface area contributed by atoms with Gasteiger partial charge >= 0.3 is 0 Å². The van der Waals surface area contributed by atoms with E-state index in [9.17, 15) is 10.1 Å². The first-order valence-corrected chi connectivity index (χ1v) is 11.9. The lowest BCUT2D eigenvalue weighted by Gasteiger charge is -2.25. The zero-order chi connectivity index (χ0) is 22.7. The van der Waals surface area contributed by atoms with Gasteiger partial charge in [-0.25, -0.2) is 0 Å². The smallest absolute Gasteiger partial charge is 0.179 e. The molecule has 2 aromatic carbocycles. The molecule has 0 radical (unpaired) electrons. The van der Waals surface area contributed by atoms with Crippen LogP contribution in [0.2, 0.25) is 0 Å². The van der Waals surface area contributed by atoms with Gasteiger partial charge in [-0.3, -0.25) is 9.69 Å². The molecule has 1 saturated heterocycles. The number of hydrogen-bond acceptors (Lipinski definition) is 3. The van der Waals surface area contributed by atoms with E-state index in [4.69, 9.17) is 0 Å². The molecule has 4 rings (SSSR count). The number of Topliss-reactive ketones (excluding diaryl/α,β-unsaturated/α-hetero) is 1. The number of rotatable bonds is 7. The van der Waals surface area contributed by atoms with Crippen LogP contribution < -0.4 is 0 Å². The van der Waals surface area contributed by atoms with Crippen LogP contribution in [0, 0.1) is 24.2 Å². The number of benzene rings is 2. The van der Waals surface area contributed by atoms with E-state index in [1.54, 1.807) is 0 Å². The molecule has 1 aromatic heterocycles. The monoisotopic (exact) mass is 427 g/mol. The van der Waals surface area contributed by atoms with Crippen molar-refractivity contribution in [3.05, 3.63) is 64.8 Å². The summed E-state index contributed by atoms with van der Waals surface area (Å²) in [7, 11) is 0. The number of carbonyl (C=O) groups is 1. The maximum absolute atomic E-state index is 13.5. The Balaban J connectivity index is 1.79. The Kier molecular flexibility index (Phi) is 6.77. The minimum atomic E-state index is 0.205. The number of aryl methyl sites for hydroxylation is 1. The average Bonchev–Trinajstić information content (AvgIpc) is 3.09. The first-order chi connectivity index (χ1) is 15.5. The van der Waals surface area contributed by atoms with E-state index in [-0.39, 0.29) is 5.78 Å². The highest BCUT2D eigenvalue weighted by atomic mass is 16.1. The van der Waals surface area contributed by atoms with Crippen molar-refractivity contribution in [1.29, 1.82) is 5.26 Å². The Bertz CT molecular complexity index is 1140. The van der Waals surface area contributed by atoms with Gasteiger partial charge in [-0.15, -0.1) is 0 Å². The second-order valence-corrected chi connectivity index (χ2v) is 9.50. The summed E-state index contributed by atoms with van der Waals surface area (Å²) >= 11 is 0. The number of aromatic nitrogens is 1. The van der Waals surface area contributed by atoms with Crippen molar-refractivity contribution in [1.82, 2.24) is 9.47 Å². The summed E-state index contributed by atoms with van der Waals surface area (Å²) < 4.78 is 2.19. The van der Waals surface area contributed by atoms with Crippen molar-refractivity contribution in [2.45, 2.75) is 52.9 Å². The fourth-order valence-electron chi connectivity index (χ4n) is 4.84. The normalized spacial score (nSPS) is 14.7. The summed E-state index contributed by atoms with van der Waals surface area (Å²) in [5.74, 6) is 0.858. The van der Waals surface area contributed by atoms with Gasteiger partial charge in [0.2, 0.25) is 0 Å². The minimum Gasteiger partial charge on any atom is -0.313 e. The number of fused-ring (bicyclic) bond motifs is 1. The third kappa shape index (κ3) is 4.64. The second kappa shape index (κ2) is 9.71. The summed E-state index contributed by atoms with van der Waals surface area (Å²) in [6.45, 7) is 9.06. The summed E-state index contributed by atoms with van der Waals surface area (Å²) in [4.78, 5) is 15.8. The van der Waals surface area contributed by atoms with Gasteiger partial charge in [0, 0.05) is 22.3 Å². The number of nitrogens with zero attached hydrogens (tertiary/aromatic N) is 3. The van der Waals surface area contributed by atoms with Gasteiger partial charge in [0.15, 0.2) is 5.78 Å². The van der Waals surface area contributed by atoms with E-state index in [0.717, 1.165) is 53.8 Å². The fraction of sp³-hybridized carbons (Fsp3) is 0.429. The van der Waals surface area contributed by atoms with Crippen LogP contribution in [0.25, 0.3) is 16.6 Å². The SMILES string of the molecule is Cc1c(C(=O)CN2CCCCC2)c2ccc(CCC(C)C)cc2n1-c1ccc(C#N)cc1.